The number of carboxylic acids is 1. The number of nitrogens with two attached hydrogens (primary N) is 2. The Morgan fingerprint density at radius 2 is 1.66 bits per heavy atom. The van der Waals surface area contributed by atoms with Gasteiger partial charge in [-0.15, -0.1) is 0 Å². The van der Waals surface area contributed by atoms with Crippen molar-refractivity contribution in [1.29, 1.82) is 0 Å². The van der Waals surface area contributed by atoms with E-state index in [1.807, 2.05) is 48.5 Å². The third-order valence-corrected chi connectivity index (χ3v) is 5.05. The number of nitrogens with one attached hydrogen (secondary N) is 2. The molecule has 7 N–H and O–H groups in total. The number of rotatable bonds is 6. The summed E-state index contributed by atoms with van der Waals surface area (Å²) in [6.45, 7) is 0.568. The molecule has 0 radical (unpaired) electrons. The number of nitrogen functional groups attached to an aromatic ring is 2. The molecule has 160 valence electrons. The van der Waals surface area contributed by atoms with Crippen molar-refractivity contribution in [3.05, 3.63) is 94.3 Å². The SMILES string of the molecule is Nc1nc(-c2ccc(-c3ccc(C(=O)O)cc3)c(NCc3ccccc3)c2)[nH]c(=O)c1N. The second-order valence-electron chi connectivity index (χ2n) is 7.20. The molecule has 0 aliphatic carbocycles. The summed E-state index contributed by atoms with van der Waals surface area (Å²) < 4.78 is 0. The number of anilines is 3. The summed E-state index contributed by atoms with van der Waals surface area (Å²) in [5.74, 6) is -0.710. The molecule has 4 rings (SSSR count). The first kappa shape index (κ1) is 20.7. The lowest BCUT2D eigenvalue weighted by atomic mass is 9.99. The monoisotopic (exact) mass is 427 g/mol. The van der Waals surface area contributed by atoms with Gasteiger partial charge in [0, 0.05) is 23.4 Å². The van der Waals surface area contributed by atoms with E-state index in [-0.39, 0.29) is 17.1 Å². The van der Waals surface area contributed by atoms with E-state index >= 15 is 0 Å². The number of aromatic nitrogens is 2. The summed E-state index contributed by atoms with van der Waals surface area (Å²) in [5.41, 5.74) is 15.2. The van der Waals surface area contributed by atoms with Gasteiger partial charge in [-0.25, -0.2) is 9.78 Å². The van der Waals surface area contributed by atoms with Crippen LogP contribution in [0.25, 0.3) is 22.5 Å². The number of benzene rings is 3. The first-order valence-electron chi connectivity index (χ1n) is 9.83. The van der Waals surface area contributed by atoms with Crippen LogP contribution >= 0.6 is 0 Å². The minimum atomic E-state index is -0.981. The van der Waals surface area contributed by atoms with Crippen LogP contribution in [0.4, 0.5) is 17.2 Å². The minimum absolute atomic E-state index is 0.0316. The normalized spacial score (nSPS) is 10.6. The van der Waals surface area contributed by atoms with Gasteiger partial charge in [-0.2, -0.15) is 0 Å². The molecule has 0 saturated heterocycles. The Morgan fingerprint density at radius 3 is 2.31 bits per heavy atom. The van der Waals surface area contributed by atoms with Gasteiger partial charge in [-0.1, -0.05) is 54.6 Å². The first-order chi connectivity index (χ1) is 15.4. The first-order valence-corrected chi connectivity index (χ1v) is 9.83. The van der Waals surface area contributed by atoms with Gasteiger partial charge in [-0.05, 0) is 29.3 Å². The second kappa shape index (κ2) is 8.65. The Hall–Kier alpha value is -4.59. The third kappa shape index (κ3) is 4.29. The standard InChI is InChI=1S/C24H21N5O3/c25-20-21(26)28-22(29-23(20)30)17-10-11-18(15-6-8-16(9-7-15)24(31)32)19(12-17)27-13-14-4-2-1-3-5-14/h1-12,27H,13,25H2,(H,31,32)(H3,26,28,29,30). The maximum Gasteiger partial charge on any atom is 0.335 e. The molecule has 8 nitrogen and oxygen atoms in total. The van der Waals surface area contributed by atoms with E-state index in [2.05, 4.69) is 15.3 Å². The maximum absolute atomic E-state index is 12.0. The van der Waals surface area contributed by atoms with Crippen LogP contribution in [0, 0.1) is 0 Å². The number of hydrogen-bond donors (Lipinski definition) is 5. The highest BCUT2D eigenvalue weighted by molar-refractivity contribution is 5.89. The lowest BCUT2D eigenvalue weighted by molar-refractivity contribution is 0.0697. The van der Waals surface area contributed by atoms with Gasteiger partial charge in [0.1, 0.15) is 11.5 Å². The quantitative estimate of drug-likeness (QED) is 0.316. The lowest BCUT2D eigenvalue weighted by Gasteiger charge is -2.15. The third-order valence-electron chi connectivity index (χ3n) is 5.05. The molecular weight excluding hydrogens is 406 g/mol. The summed E-state index contributed by atoms with van der Waals surface area (Å²) in [6.07, 6.45) is 0. The average Bonchev–Trinajstić information content (AvgIpc) is 2.81. The molecule has 3 aromatic carbocycles. The van der Waals surface area contributed by atoms with Crippen molar-refractivity contribution in [2.75, 3.05) is 16.8 Å². The van der Waals surface area contributed by atoms with E-state index in [0.717, 1.165) is 22.4 Å². The number of H-pyrrole nitrogens is 1. The van der Waals surface area contributed by atoms with E-state index in [1.54, 1.807) is 24.3 Å². The number of carbonyl (C=O) groups is 1. The van der Waals surface area contributed by atoms with Gasteiger partial charge in [0.15, 0.2) is 5.82 Å². The largest absolute Gasteiger partial charge is 0.478 e. The zero-order chi connectivity index (χ0) is 22.7. The predicted molar refractivity (Wildman–Crippen MR) is 125 cm³/mol. The number of aromatic amines is 1. The van der Waals surface area contributed by atoms with Crippen LogP contribution in [0.1, 0.15) is 15.9 Å². The summed E-state index contributed by atoms with van der Waals surface area (Å²) in [5, 5.41) is 12.6. The van der Waals surface area contributed by atoms with Gasteiger partial charge < -0.3 is 26.9 Å². The molecular formula is C24H21N5O3. The lowest BCUT2D eigenvalue weighted by Crippen LogP contribution is -2.17. The van der Waals surface area contributed by atoms with Crippen LogP contribution in [0.5, 0.6) is 0 Å². The smallest absolute Gasteiger partial charge is 0.335 e. The van der Waals surface area contributed by atoms with Gasteiger partial charge in [0.2, 0.25) is 0 Å². The zero-order valence-corrected chi connectivity index (χ0v) is 17.0. The molecule has 32 heavy (non-hydrogen) atoms. The zero-order valence-electron chi connectivity index (χ0n) is 17.0. The van der Waals surface area contributed by atoms with Crippen molar-refractivity contribution >= 4 is 23.2 Å². The molecule has 1 aromatic heterocycles. The highest BCUT2D eigenvalue weighted by Gasteiger charge is 2.12. The molecule has 0 saturated carbocycles. The highest BCUT2D eigenvalue weighted by Crippen LogP contribution is 2.32. The molecule has 0 unspecified atom stereocenters. The Morgan fingerprint density at radius 1 is 0.969 bits per heavy atom. The molecule has 0 bridgehead atoms. The molecule has 0 amide bonds. The van der Waals surface area contributed by atoms with Gasteiger partial charge in [0.25, 0.3) is 5.56 Å². The highest BCUT2D eigenvalue weighted by atomic mass is 16.4. The Balaban J connectivity index is 1.76. The van der Waals surface area contributed by atoms with E-state index in [1.165, 1.54) is 0 Å². The fraction of sp³-hybridized carbons (Fsp3) is 0.0417. The summed E-state index contributed by atoms with van der Waals surface area (Å²) >= 11 is 0. The van der Waals surface area contributed by atoms with E-state index in [0.29, 0.717) is 17.9 Å². The van der Waals surface area contributed by atoms with Crippen LogP contribution in [0.3, 0.4) is 0 Å². The molecule has 1 heterocycles. The Kier molecular flexibility index (Phi) is 5.59. The van der Waals surface area contributed by atoms with E-state index in [9.17, 15) is 14.7 Å². The summed E-state index contributed by atoms with van der Waals surface area (Å²) in [7, 11) is 0. The maximum atomic E-state index is 12.0. The second-order valence-corrected chi connectivity index (χ2v) is 7.20. The molecule has 0 aliphatic rings. The topological polar surface area (TPSA) is 147 Å². The van der Waals surface area contributed by atoms with Crippen molar-refractivity contribution in [3.63, 3.8) is 0 Å². The van der Waals surface area contributed by atoms with E-state index < -0.39 is 11.5 Å². The molecule has 0 atom stereocenters. The van der Waals surface area contributed by atoms with Crippen molar-refractivity contribution in [3.8, 4) is 22.5 Å². The van der Waals surface area contributed by atoms with E-state index in [4.69, 9.17) is 11.5 Å². The van der Waals surface area contributed by atoms with Crippen molar-refractivity contribution in [2.45, 2.75) is 6.54 Å². The molecule has 0 spiro atoms. The molecule has 4 aromatic rings. The van der Waals surface area contributed by atoms with Crippen LogP contribution in [0.2, 0.25) is 0 Å². The van der Waals surface area contributed by atoms with Crippen molar-refractivity contribution < 1.29 is 9.90 Å². The van der Waals surface area contributed by atoms with Gasteiger partial charge in [0.05, 0.1) is 5.56 Å². The van der Waals surface area contributed by atoms with Gasteiger partial charge >= 0.3 is 5.97 Å². The number of nitrogens with zero attached hydrogens (tertiary/aromatic N) is 1. The number of hydrogen-bond acceptors (Lipinski definition) is 6. The fourth-order valence-corrected chi connectivity index (χ4v) is 3.31. The van der Waals surface area contributed by atoms with Crippen LogP contribution in [0.15, 0.2) is 77.6 Å². The number of aromatic carboxylic acids is 1. The minimum Gasteiger partial charge on any atom is -0.478 e. The molecule has 0 fully saturated rings. The van der Waals surface area contributed by atoms with Gasteiger partial charge in [-0.3, -0.25) is 4.79 Å². The van der Waals surface area contributed by atoms with Crippen molar-refractivity contribution in [2.24, 2.45) is 0 Å². The van der Waals surface area contributed by atoms with Crippen LogP contribution in [-0.2, 0) is 6.54 Å². The predicted octanol–water partition coefficient (Wildman–Crippen LogP) is 3.58. The van der Waals surface area contributed by atoms with Crippen molar-refractivity contribution in [1.82, 2.24) is 9.97 Å². The molecule has 0 aliphatic heterocycles. The van der Waals surface area contributed by atoms with Crippen LogP contribution < -0.4 is 22.3 Å². The average molecular weight is 427 g/mol. The fourth-order valence-electron chi connectivity index (χ4n) is 3.31. The van der Waals surface area contributed by atoms with Crippen LogP contribution in [-0.4, -0.2) is 21.0 Å². The summed E-state index contributed by atoms with van der Waals surface area (Å²) in [6, 6.07) is 22.1. The summed E-state index contributed by atoms with van der Waals surface area (Å²) in [4.78, 5) is 30.1. The Labute approximate surface area is 183 Å². The Bertz CT molecular complexity index is 1330. The number of carboxylic acid groups (broad SMARTS) is 1. The molecule has 8 heteroatoms.